The van der Waals surface area contributed by atoms with Gasteiger partial charge in [-0.15, -0.1) is 0 Å². The molecule has 0 aliphatic carbocycles. The molecule has 2 rings (SSSR count). The van der Waals surface area contributed by atoms with Crippen LogP contribution >= 0.6 is 11.8 Å². The fourth-order valence-electron chi connectivity index (χ4n) is 2.10. The van der Waals surface area contributed by atoms with Crippen molar-refractivity contribution in [2.45, 2.75) is 16.7 Å². The lowest BCUT2D eigenvalue weighted by Gasteiger charge is -2.11. The number of amides is 1. The maximum absolute atomic E-state index is 11.3. The molecule has 0 aliphatic heterocycles. The van der Waals surface area contributed by atoms with Crippen LogP contribution in [0, 0.1) is 27.2 Å². The van der Waals surface area contributed by atoms with Crippen LogP contribution in [0.15, 0.2) is 40.1 Å². The van der Waals surface area contributed by atoms with E-state index in [1.165, 1.54) is 25.3 Å². The van der Waals surface area contributed by atoms with Crippen LogP contribution in [0.4, 0.5) is 17.1 Å². The van der Waals surface area contributed by atoms with Crippen LogP contribution in [0.1, 0.15) is 5.56 Å². The minimum Gasteiger partial charge on any atom is -0.496 e. The number of rotatable bonds is 7. The molecule has 0 atom stereocenters. The first-order valence-electron chi connectivity index (χ1n) is 6.87. The predicted molar refractivity (Wildman–Crippen MR) is 91.3 cm³/mol. The summed E-state index contributed by atoms with van der Waals surface area (Å²) in [4.78, 5) is 32.7. The summed E-state index contributed by atoms with van der Waals surface area (Å²) in [5, 5.41) is 24.8. The standard InChI is InChI=1S/C15H13N3O6S/c1-9-3-4-13(11(5-9)17(20)21)25-14-7-10(24-2)6-12(18(22)23)15(14)16-8-19/h3-8H,1-2H3,(H,16,19). The molecule has 0 spiro atoms. The normalized spacial score (nSPS) is 10.2. The summed E-state index contributed by atoms with van der Waals surface area (Å²) in [6, 6.07) is 7.28. The van der Waals surface area contributed by atoms with Gasteiger partial charge in [0.25, 0.3) is 11.4 Å². The second-order valence-corrected chi connectivity index (χ2v) is 5.95. The van der Waals surface area contributed by atoms with Crippen molar-refractivity contribution in [3.8, 4) is 5.75 Å². The van der Waals surface area contributed by atoms with Gasteiger partial charge in [-0.1, -0.05) is 17.8 Å². The van der Waals surface area contributed by atoms with Crippen LogP contribution in [-0.4, -0.2) is 23.4 Å². The number of ether oxygens (including phenoxy) is 1. The smallest absolute Gasteiger partial charge is 0.297 e. The summed E-state index contributed by atoms with van der Waals surface area (Å²) < 4.78 is 5.05. The number of benzene rings is 2. The summed E-state index contributed by atoms with van der Waals surface area (Å²) >= 11 is 0.931. The zero-order chi connectivity index (χ0) is 18.6. The summed E-state index contributed by atoms with van der Waals surface area (Å²) in [6.07, 6.45) is 0.308. The van der Waals surface area contributed by atoms with Gasteiger partial charge in [-0.25, -0.2) is 0 Å². The number of nitrogens with zero attached hydrogens (tertiary/aromatic N) is 2. The number of nitro groups is 2. The second-order valence-electron chi connectivity index (χ2n) is 4.87. The van der Waals surface area contributed by atoms with Crippen molar-refractivity contribution in [3.63, 3.8) is 0 Å². The minimum atomic E-state index is -0.665. The molecular weight excluding hydrogens is 350 g/mol. The Morgan fingerprint density at radius 3 is 2.32 bits per heavy atom. The number of carbonyl (C=O) groups excluding carboxylic acids is 1. The summed E-state index contributed by atoms with van der Waals surface area (Å²) in [7, 11) is 1.34. The molecule has 0 aliphatic rings. The molecule has 1 amide bonds. The third-order valence-corrected chi connectivity index (χ3v) is 4.33. The fraction of sp³-hybridized carbons (Fsp3) is 0.133. The monoisotopic (exact) mass is 363 g/mol. The lowest BCUT2D eigenvalue weighted by Crippen LogP contribution is -2.02. The van der Waals surface area contributed by atoms with Gasteiger partial charge in [-0.3, -0.25) is 25.0 Å². The summed E-state index contributed by atoms with van der Waals surface area (Å²) in [5.74, 6) is 0.195. The molecule has 0 saturated heterocycles. The van der Waals surface area contributed by atoms with Gasteiger partial charge in [0.15, 0.2) is 0 Å². The largest absolute Gasteiger partial charge is 0.496 e. The summed E-state index contributed by atoms with van der Waals surface area (Å²) in [5.41, 5.74) is 0.149. The average molecular weight is 363 g/mol. The minimum absolute atomic E-state index is 0.0549. The average Bonchev–Trinajstić information content (AvgIpc) is 2.57. The molecule has 10 heteroatoms. The van der Waals surface area contributed by atoms with Gasteiger partial charge in [0.2, 0.25) is 6.41 Å². The van der Waals surface area contributed by atoms with E-state index in [4.69, 9.17) is 4.74 Å². The Morgan fingerprint density at radius 1 is 1.08 bits per heavy atom. The first kappa shape index (κ1) is 18.2. The maximum Gasteiger partial charge on any atom is 0.297 e. The van der Waals surface area contributed by atoms with E-state index >= 15 is 0 Å². The molecule has 2 aromatic rings. The van der Waals surface area contributed by atoms with Gasteiger partial charge >= 0.3 is 0 Å². The van der Waals surface area contributed by atoms with Crippen molar-refractivity contribution < 1.29 is 19.4 Å². The second kappa shape index (κ2) is 7.62. The highest BCUT2D eigenvalue weighted by Crippen LogP contribution is 2.44. The van der Waals surface area contributed by atoms with Gasteiger partial charge in [0.05, 0.1) is 27.9 Å². The van der Waals surface area contributed by atoms with Crippen molar-refractivity contribution in [2.75, 3.05) is 12.4 Å². The van der Waals surface area contributed by atoms with Gasteiger partial charge in [0, 0.05) is 11.0 Å². The molecule has 0 heterocycles. The SMILES string of the molecule is COc1cc(Sc2ccc(C)cc2[N+](=O)[O-])c(NC=O)c([N+](=O)[O-])c1. The van der Waals surface area contributed by atoms with Crippen molar-refractivity contribution in [2.24, 2.45) is 0 Å². The topological polar surface area (TPSA) is 125 Å². The Bertz CT molecular complexity index is 855. The quantitative estimate of drug-likeness (QED) is 0.453. The fourth-order valence-corrected chi connectivity index (χ4v) is 3.15. The first-order chi connectivity index (χ1) is 11.9. The molecule has 0 saturated carbocycles. The molecule has 130 valence electrons. The zero-order valence-electron chi connectivity index (χ0n) is 13.2. The Morgan fingerprint density at radius 2 is 1.76 bits per heavy atom. The number of nitro benzene ring substituents is 2. The molecular formula is C15H13N3O6S. The number of nitrogens with one attached hydrogen (secondary N) is 1. The van der Waals surface area contributed by atoms with Gasteiger partial charge in [-0.05, 0) is 24.6 Å². The maximum atomic E-state index is 11.3. The van der Waals surface area contributed by atoms with Crippen molar-refractivity contribution >= 4 is 35.2 Å². The number of anilines is 1. The molecule has 0 bridgehead atoms. The van der Waals surface area contributed by atoms with Gasteiger partial charge in [0.1, 0.15) is 11.4 Å². The molecule has 2 aromatic carbocycles. The van der Waals surface area contributed by atoms with E-state index in [0.717, 1.165) is 11.8 Å². The number of hydrogen-bond acceptors (Lipinski definition) is 7. The van der Waals surface area contributed by atoms with Gasteiger partial charge < -0.3 is 10.1 Å². The highest BCUT2D eigenvalue weighted by Gasteiger charge is 2.23. The molecule has 1 N–H and O–H groups in total. The molecule has 25 heavy (non-hydrogen) atoms. The van der Waals surface area contributed by atoms with E-state index in [0.29, 0.717) is 12.0 Å². The van der Waals surface area contributed by atoms with E-state index in [1.54, 1.807) is 19.1 Å². The summed E-state index contributed by atoms with van der Waals surface area (Å²) in [6.45, 7) is 1.72. The number of carbonyl (C=O) groups is 1. The van der Waals surface area contributed by atoms with Crippen molar-refractivity contribution in [1.29, 1.82) is 0 Å². The molecule has 0 aromatic heterocycles. The van der Waals surface area contributed by atoms with Gasteiger partial charge in [-0.2, -0.15) is 0 Å². The van der Waals surface area contributed by atoms with Crippen LogP contribution in [0.25, 0.3) is 0 Å². The van der Waals surface area contributed by atoms with Crippen molar-refractivity contribution in [3.05, 3.63) is 56.1 Å². The third-order valence-electron chi connectivity index (χ3n) is 3.22. The Labute approximate surface area is 146 Å². The number of methoxy groups -OCH3 is 1. The van der Waals surface area contributed by atoms with Crippen molar-refractivity contribution in [1.82, 2.24) is 0 Å². The van der Waals surface area contributed by atoms with Crippen LogP contribution < -0.4 is 10.1 Å². The zero-order valence-corrected chi connectivity index (χ0v) is 14.0. The van der Waals surface area contributed by atoms with E-state index < -0.39 is 9.85 Å². The highest BCUT2D eigenvalue weighted by molar-refractivity contribution is 7.99. The van der Waals surface area contributed by atoms with Crippen LogP contribution in [0.5, 0.6) is 5.75 Å². The lowest BCUT2D eigenvalue weighted by atomic mass is 10.2. The van der Waals surface area contributed by atoms with E-state index in [2.05, 4.69) is 5.32 Å². The Balaban J connectivity index is 2.62. The van der Waals surface area contributed by atoms with E-state index in [1.807, 2.05) is 0 Å². The van der Waals surface area contributed by atoms with Crippen LogP contribution in [-0.2, 0) is 4.79 Å². The highest BCUT2D eigenvalue weighted by atomic mass is 32.2. The van der Waals surface area contributed by atoms with E-state index in [-0.39, 0.29) is 32.6 Å². The van der Waals surface area contributed by atoms with E-state index in [9.17, 15) is 25.0 Å². The van der Waals surface area contributed by atoms with Crippen LogP contribution in [0.3, 0.4) is 0 Å². The third kappa shape index (κ3) is 4.04. The lowest BCUT2D eigenvalue weighted by molar-refractivity contribution is -0.387. The predicted octanol–water partition coefficient (Wildman–Crippen LogP) is 3.54. The number of aryl methyl sites for hydroxylation is 1. The first-order valence-corrected chi connectivity index (χ1v) is 7.68. The Hall–Kier alpha value is -3.14. The molecule has 0 radical (unpaired) electrons. The molecule has 0 unspecified atom stereocenters. The molecule has 0 fully saturated rings. The Kier molecular flexibility index (Phi) is 5.55. The number of hydrogen-bond donors (Lipinski definition) is 1. The van der Waals surface area contributed by atoms with Crippen LogP contribution in [0.2, 0.25) is 0 Å². The molecule has 9 nitrogen and oxygen atoms in total.